The van der Waals surface area contributed by atoms with Crippen LogP contribution in [0.3, 0.4) is 0 Å². The average molecular weight is 317 g/mol. The minimum absolute atomic E-state index is 0.167. The standard InChI is InChI=1S/C18H27N3O2/c1-2-23-18(22)21-13-11-19(12-14-21)9-10-20-8-7-16-5-3-4-6-17(16)15-20/h3-6H,2,7-15H2,1H3. The highest BCUT2D eigenvalue weighted by molar-refractivity contribution is 5.67. The molecule has 0 spiro atoms. The monoisotopic (exact) mass is 317 g/mol. The van der Waals surface area contributed by atoms with Gasteiger partial charge in [-0.2, -0.15) is 0 Å². The Labute approximate surface area is 138 Å². The number of hydrogen-bond donors (Lipinski definition) is 0. The molecule has 2 aliphatic rings. The molecule has 0 saturated carbocycles. The van der Waals surface area contributed by atoms with Gasteiger partial charge in [0.1, 0.15) is 0 Å². The van der Waals surface area contributed by atoms with Gasteiger partial charge in [-0.05, 0) is 24.5 Å². The first kappa shape index (κ1) is 16.3. The zero-order chi connectivity index (χ0) is 16.1. The van der Waals surface area contributed by atoms with Crippen LogP contribution in [0.2, 0.25) is 0 Å². The number of nitrogens with zero attached hydrogens (tertiary/aromatic N) is 3. The molecule has 0 atom stereocenters. The van der Waals surface area contributed by atoms with Crippen LogP contribution in [0.15, 0.2) is 24.3 Å². The van der Waals surface area contributed by atoms with Crippen molar-refractivity contribution in [3.05, 3.63) is 35.4 Å². The number of piperazine rings is 1. The van der Waals surface area contributed by atoms with Crippen LogP contribution in [0, 0.1) is 0 Å². The lowest BCUT2D eigenvalue weighted by Crippen LogP contribution is -2.50. The largest absolute Gasteiger partial charge is 0.450 e. The molecular formula is C18H27N3O2. The van der Waals surface area contributed by atoms with Crippen LogP contribution in [-0.4, -0.2) is 73.2 Å². The molecule has 0 N–H and O–H groups in total. The number of ether oxygens (including phenoxy) is 1. The molecule has 2 aliphatic heterocycles. The van der Waals surface area contributed by atoms with E-state index in [2.05, 4.69) is 34.1 Å². The van der Waals surface area contributed by atoms with Gasteiger partial charge in [-0.15, -0.1) is 0 Å². The summed E-state index contributed by atoms with van der Waals surface area (Å²) in [6.45, 7) is 10.2. The van der Waals surface area contributed by atoms with Gasteiger partial charge in [0.05, 0.1) is 6.61 Å². The molecule has 126 valence electrons. The van der Waals surface area contributed by atoms with E-state index < -0.39 is 0 Å². The Morgan fingerprint density at radius 1 is 1.00 bits per heavy atom. The Balaban J connectivity index is 1.40. The normalized spacial score (nSPS) is 19.4. The molecule has 1 fully saturated rings. The highest BCUT2D eigenvalue weighted by atomic mass is 16.6. The van der Waals surface area contributed by atoms with Crippen LogP contribution in [0.5, 0.6) is 0 Å². The first-order valence-electron chi connectivity index (χ1n) is 8.69. The van der Waals surface area contributed by atoms with Crippen LogP contribution in [-0.2, 0) is 17.7 Å². The lowest BCUT2D eigenvalue weighted by Gasteiger charge is -2.36. The predicted molar refractivity (Wildman–Crippen MR) is 90.5 cm³/mol. The van der Waals surface area contributed by atoms with Crippen molar-refractivity contribution in [3.63, 3.8) is 0 Å². The second-order valence-corrected chi connectivity index (χ2v) is 6.32. The molecule has 0 bridgehead atoms. The van der Waals surface area contributed by atoms with Gasteiger partial charge in [-0.25, -0.2) is 4.79 Å². The number of amides is 1. The van der Waals surface area contributed by atoms with Crippen molar-refractivity contribution in [3.8, 4) is 0 Å². The van der Waals surface area contributed by atoms with E-state index in [4.69, 9.17) is 4.74 Å². The summed E-state index contributed by atoms with van der Waals surface area (Å²) in [4.78, 5) is 18.5. The lowest BCUT2D eigenvalue weighted by molar-refractivity contribution is 0.0757. The molecule has 1 aromatic carbocycles. The third kappa shape index (κ3) is 4.24. The molecule has 0 unspecified atom stereocenters. The Morgan fingerprint density at radius 3 is 2.43 bits per heavy atom. The minimum atomic E-state index is -0.167. The highest BCUT2D eigenvalue weighted by Gasteiger charge is 2.22. The molecule has 0 radical (unpaired) electrons. The van der Waals surface area contributed by atoms with Gasteiger partial charge in [0.15, 0.2) is 0 Å². The SMILES string of the molecule is CCOC(=O)N1CCN(CCN2CCc3ccccc3C2)CC1. The molecule has 5 nitrogen and oxygen atoms in total. The topological polar surface area (TPSA) is 36.0 Å². The van der Waals surface area contributed by atoms with Crippen LogP contribution in [0.25, 0.3) is 0 Å². The van der Waals surface area contributed by atoms with Crippen LogP contribution in [0.1, 0.15) is 18.1 Å². The Hall–Kier alpha value is -1.59. The maximum absolute atomic E-state index is 11.7. The van der Waals surface area contributed by atoms with E-state index in [0.29, 0.717) is 6.61 Å². The number of carbonyl (C=O) groups excluding carboxylic acids is 1. The molecule has 23 heavy (non-hydrogen) atoms. The van der Waals surface area contributed by atoms with Gasteiger partial charge in [0, 0.05) is 52.4 Å². The first-order chi connectivity index (χ1) is 11.3. The fraction of sp³-hybridized carbons (Fsp3) is 0.611. The summed E-state index contributed by atoms with van der Waals surface area (Å²) in [7, 11) is 0. The maximum Gasteiger partial charge on any atom is 0.409 e. The number of fused-ring (bicyclic) bond motifs is 1. The van der Waals surface area contributed by atoms with Crippen molar-refractivity contribution in [2.24, 2.45) is 0 Å². The molecule has 0 aromatic heterocycles. The van der Waals surface area contributed by atoms with Crippen molar-refractivity contribution < 1.29 is 9.53 Å². The Kier molecular flexibility index (Phi) is 5.51. The predicted octanol–water partition coefficient (Wildman–Crippen LogP) is 1.82. The summed E-state index contributed by atoms with van der Waals surface area (Å²) in [5, 5.41) is 0. The van der Waals surface area contributed by atoms with Crippen molar-refractivity contribution >= 4 is 6.09 Å². The molecular weight excluding hydrogens is 290 g/mol. The van der Waals surface area contributed by atoms with Gasteiger partial charge in [-0.3, -0.25) is 9.80 Å². The van der Waals surface area contributed by atoms with Gasteiger partial charge in [0.2, 0.25) is 0 Å². The van der Waals surface area contributed by atoms with Crippen molar-refractivity contribution in [2.75, 3.05) is 52.4 Å². The van der Waals surface area contributed by atoms with E-state index in [1.54, 1.807) is 0 Å². The third-order valence-electron chi connectivity index (χ3n) is 4.84. The quantitative estimate of drug-likeness (QED) is 0.849. The molecule has 3 rings (SSSR count). The number of benzene rings is 1. The summed E-state index contributed by atoms with van der Waals surface area (Å²) in [6.07, 6.45) is 0.993. The Bertz CT molecular complexity index is 527. The number of carbonyl (C=O) groups is 1. The van der Waals surface area contributed by atoms with E-state index >= 15 is 0 Å². The smallest absolute Gasteiger partial charge is 0.409 e. The van der Waals surface area contributed by atoms with E-state index in [0.717, 1.165) is 58.8 Å². The number of rotatable bonds is 4. The average Bonchev–Trinajstić information content (AvgIpc) is 2.60. The minimum Gasteiger partial charge on any atom is -0.450 e. The molecule has 5 heteroatoms. The number of hydrogen-bond acceptors (Lipinski definition) is 4. The maximum atomic E-state index is 11.7. The summed E-state index contributed by atoms with van der Waals surface area (Å²) < 4.78 is 5.07. The second-order valence-electron chi connectivity index (χ2n) is 6.32. The molecule has 0 aliphatic carbocycles. The fourth-order valence-corrected chi connectivity index (χ4v) is 3.40. The van der Waals surface area contributed by atoms with Gasteiger partial charge >= 0.3 is 6.09 Å². The fourth-order valence-electron chi connectivity index (χ4n) is 3.40. The summed E-state index contributed by atoms with van der Waals surface area (Å²) >= 11 is 0. The summed E-state index contributed by atoms with van der Waals surface area (Å²) in [5.74, 6) is 0. The zero-order valence-corrected chi connectivity index (χ0v) is 14.0. The molecule has 1 saturated heterocycles. The molecule has 1 aromatic rings. The van der Waals surface area contributed by atoms with E-state index in [-0.39, 0.29) is 6.09 Å². The van der Waals surface area contributed by atoms with Crippen LogP contribution in [0.4, 0.5) is 4.79 Å². The Morgan fingerprint density at radius 2 is 1.70 bits per heavy atom. The first-order valence-corrected chi connectivity index (χ1v) is 8.69. The summed E-state index contributed by atoms with van der Waals surface area (Å²) in [5.41, 5.74) is 2.98. The molecule has 2 heterocycles. The van der Waals surface area contributed by atoms with Crippen molar-refractivity contribution in [1.29, 1.82) is 0 Å². The highest BCUT2D eigenvalue weighted by Crippen LogP contribution is 2.18. The second kappa shape index (κ2) is 7.79. The molecule has 1 amide bonds. The summed E-state index contributed by atoms with van der Waals surface area (Å²) in [6, 6.07) is 8.77. The van der Waals surface area contributed by atoms with E-state index in [9.17, 15) is 4.79 Å². The van der Waals surface area contributed by atoms with E-state index in [1.165, 1.54) is 11.1 Å². The van der Waals surface area contributed by atoms with Crippen LogP contribution < -0.4 is 0 Å². The van der Waals surface area contributed by atoms with Gasteiger partial charge in [0.25, 0.3) is 0 Å². The van der Waals surface area contributed by atoms with E-state index in [1.807, 2.05) is 11.8 Å². The van der Waals surface area contributed by atoms with Gasteiger partial charge in [-0.1, -0.05) is 24.3 Å². The third-order valence-corrected chi connectivity index (χ3v) is 4.84. The van der Waals surface area contributed by atoms with Crippen molar-refractivity contribution in [1.82, 2.24) is 14.7 Å². The van der Waals surface area contributed by atoms with Gasteiger partial charge < -0.3 is 9.64 Å². The van der Waals surface area contributed by atoms with Crippen LogP contribution >= 0.6 is 0 Å². The zero-order valence-electron chi connectivity index (χ0n) is 14.0. The lowest BCUT2D eigenvalue weighted by atomic mass is 10.00. The van der Waals surface area contributed by atoms with Crippen molar-refractivity contribution in [2.45, 2.75) is 19.9 Å².